The van der Waals surface area contributed by atoms with Gasteiger partial charge in [0.2, 0.25) is 0 Å². The van der Waals surface area contributed by atoms with E-state index in [0.717, 1.165) is 37.9 Å². The Morgan fingerprint density at radius 2 is 2.21 bits per heavy atom. The number of aliphatic hydroxyl groups is 1. The van der Waals surface area contributed by atoms with Gasteiger partial charge in [0.1, 0.15) is 12.4 Å². The van der Waals surface area contributed by atoms with Crippen molar-refractivity contribution in [2.75, 3.05) is 18.0 Å². The standard InChI is InChI=1S/C15H18N2O2/c1-15(19)5-2-7-17(8-6-15)14-4-3-12(11-18)9-13(14)10-16/h3-4,9,11,19H,2,5-8H2,1H3. The fourth-order valence-electron chi connectivity index (χ4n) is 2.50. The number of rotatable bonds is 2. The summed E-state index contributed by atoms with van der Waals surface area (Å²) in [5.74, 6) is 0. The maximum atomic E-state index is 10.7. The van der Waals surface area contributed by atoms with Crippen molar-refractivity contribution in [3.8, 4) is 6.07 Å². The third-order valence-corrected chi connectivity index (χ3v) is 3.68. The first kappa shape index (κ1) is 13.6. The zero-order valence-corrected chi connectivity index (χ0v) is 11.1. The molecule has 0 aromatic heterocycles. The van der Waals surface area contributed by atoms with Crippen molar-refractivity contribution in [3.05, 3.63) is 29.3 Å². The molecule has 1 heterocycles. The van der Waals surface area contributed by atoms with Crippen LogP contribution in [0.5, 0.6) is 0 Å². The van der Waals surface area contributed by atoms with Crippen molar-refractivity contribution in [2.45, 2.75) is 31.8 Å². The molecule has 1 N–H and O–H groups in total. The average molecular weight is 258 g/mol. The molecule has 0 amide bonds. The van der Waals surface area contributed by atoms with E-state index in [1.807, 2.05) is 13.0 Å². The first-order valence-electron chi connectivity index (χ1n) is 6.52. The SMILES string of the molecule is CC1(O)CCCN(c2ccc(C=O)cc2C#N)CC1. The molecule has 4 heteroatoms. The molecule has 19 heavy (non-hydrogen) atoms. The molecule has 1 aliphatic heterocycles. The van der Waals surface area contributed by atoms with Gasteiger partial charge in [0.15, 0.2) is 0 Å². The second kappa shape index (κ2) is 5.41. The molecule has 0 radical (unpaired) electrons. The highest BCUT2D eigenvalue weighted by Crippen LogP contribution is 2.27. The van der Waals surface area contributed by atoms with Gasteiger partial charge in [0.05, 0.1) is 16.9 Å². The predicted octanol–water partition coefficient (Wildman–Crippen LogP) is 2.11. The molecule has 4 nitrogen and oxygen atoms in total. The molecule has 0 bridgehead atoms. The molecular weight excluding hydrogens is 240 g/mol. The van der Waals surface area contributed by atoms with E-state index in [2.05, 4.69) is 11.0 Å². The van der Waals surface area contributed by atoms with Crippen molar-refractivity contribution in [1.29, 1.82) is 5.26 Å². The molecule has 1 fully saturated rings. The fraction of sp³-hybridized carbons (Fsp3) is 0.467. The van der Waals surface area contributed by atoms with E-state index in [-0.39, 0.29) is 0 Å². The highest BCUT2D eigenvalue weighted by Gasteiger charge is 2.25. The summed E-state index contributed by atoms with van der Waals surface area (Å²) in [7, 11) is 0. The highest BCUT2D eigenvalue weighted by molar-refractivity contribution is 5.78. The van der Waals surface area contributed by atoms with E-state index in [1.54, 1.807) is 12.1 Å². The number of nitrogens with zero attached hydrogens (tertiary/aromatic N) is 2. The van der Waals surface area contributed by atoms with Gasteiger partial charge in [-0.3, -0.25) is 4.79 Å². The predicted molar refractivity (Wildman–Crippen MR) is 73.2 cm³/mol. The second-order valence-corrected chi connectivity index (χ2v) is 5.34. The van der Waals surface area contributed by atoms with Crippen molar-refractivity contribution in [3.63, 3.8) is 0 Å². The van der Waals surface area contributed by atoms with Crippen LogP contribution in [0.15, 0.2) is 18.2 Å². The van der Waals surface area contributed by atoms with Crippen LogP contribution in [-0.2, 0) is 0 Å². The van der Waals surface area contributed by atoms with Crippen LogP contribution in [0.4, 0.5) is 5.69 Å². The normalized spacial score (nSPS) is 23.5. The van der Waals surface area contributed by atoms with Crippen LogP contribution in [0.2, 0.25) is 0 Å². The van der Waals surface area contributed by atoms with Gasteiger partial charge >= 0.3 is 0 Å². The van der Waals surface area contributed by atoms with Crippen molar-refractivity contribution < 1.29 is 9.90 Å². The summed E-state index contributed by atoms with van der Waals surface area (Å²) in [6, 6.07) is 7.31. The van der Waals surface area contributed by atoms with Crippen LogP contribution in [-0.4, -0.2) is 30.1 Å². The van der Waals surface area contributed by atoms with Gasteiger partial charge in [-0.2, -0.15) is 5.26 Å². The molecule has 0 saturated carbocycles. The lowest BCUT2D eigenvalue weighted by Gasteiger charge is -2.25. The summed E-state index contributed by atoms with van der Waals surface area (Å²) in [5.41, 5.74) is 1.27. The van der Waals surface area contributed by atoms with Crippen LogP contribution in [0, 0.1) is 11.3 Å². The van der Waals surface area contributed by atoms with Crippen molar-refractivity contribution in [2.24, 2.45) is 0 Å². The second-order valence-electron chi connectivity index (χ2n) is 5.34. The van der Waals surface area contributed by atoms with Crippen molar-refractivity contribution >= 4 is 12.0 Å². The van der Waals surface area contributed by atoms with Gasteiger partial charge in [-0.1, -0.05) is 0 Å². The summed E-state index contributed by atoms with van der Waals surface area (Å²) >= 11 is 0. The highest BCUT2D eigenvalue weighted by atomic mass is 16.3. The minimum atomic E-state index is -0.621. The van der Waals surface area contributed by atoms with E-state index in [0.29, 0.717) is 17.5 Å². The molecule has 0 spiro atoms. The van der Waals surface area contributed by atoms with Crippen LogP contribution in [0.3, 0.4) is 0 Å². The number of anilines is 1. The zero-order valence-electron chi connectivity index (χ0n) is 11.1. The Labute approximate surface area is 113 Å². The van der Waals surface area contributed by atoms with Gasteiger partial charge in [-0.15, -0.1) is 0 Å². The third kappa shape index (κ3) is 3.12. The Balaban J connectivity index is 2.27. The minimum Gasteiger partial charge on any atom is -0.390 e. The summed E-state index contributed by atoms with van der Waals surface area (Å²) in [6.45, 7) is 3.41. The van der Waals surface area contributed by atoms with E-state index < -0.39 is 5.60 Å². The number of nitriles is 1. The van der Waals surface area contributed by atoms with E-state index >= 15 is 0 Å². The molecule has 1 atom stereocenters. The number of aldehydes is 1. The Hall–Kier alpha value is -1.86. The molecular formula is C15H18N2O2. The molecule has 1 aromatic carbocycles. The average Bonchev–Trinajstić information content (AvgIpc) is 2.59. The fourth-order valence-corrected chi connectivity index (χ4v) is 2.50. The number of carbonyl (C=O) groups excluding carboxylic acids is 1. The minimum absolute atomic E-state index is 0.516. The third-order valence-electron chi connectivity index (χ3n) is 3.68. The number of hydrogen-bond acceptors (Lipinski definition) is 4. The van der Waals surface area contributed by atoms with Gasteiger partial charge in [-0.25, -0.2) is 0 Å². The molecule has 2 rings (SSSR count). The Morgan fingerprint density at radius 3 is 2.89 bits per heavy atom. The zero-order chi connectivity index (χ0) is 13.9. The number of hydrogen-bond donors (Lipinski definition) is 1. The topological polar surface area (TPSA) is 64.3 Å². The Bertz CT molecular complexity index is 517. The lowest BCUT2D eigenvalue weighted by Crippen LogP contribution is -2.28. The maximum Gasteiger partial charge on any atom is 0.150 e. The van der Waals surface area contributed by atoms with Gasteiger partial charge in [-0.05, 0) is 44.4 Å². The Kier molecular flexibility index (Phi) is 3.87. The molecule has 1 aromatic rings. The van der Waals surface area contributed by atoms with Crippen LogP contribution in [0.25, 0.3) is 0 Å². The monoisotopic (exact) mass is 258 g/mol. The van der Waals surface area contributed by atoms with E-state index in [9.17, 15) is 15.2 Å². The lowest BCUT2D eigenvalue weighted by atomic mass is 9.98. The van der Waals surface area contributed by atoms with E-state index in [1.165, 1.54) is 0 Å². The molecule has 1 saturated heterocycles. The molecule has 100 valence electrons. The van der Waals surface area contributed by atoms with Gasteiger partial charge < -0.3 is 10.0 Å². The summed E-state index contributed by atoms with van der Waals surface area (Å²) in [4.78, 5) is 12.9. The van der Waals surface area contributed by atoms with Crippen LogP contribution in [0.1, 0.15) is 42.1 Å². The van der Waals surface area contributed by atoms with Gasteiger partial charge in [0, 0.05) is 18.7 Å². The Morgan fingerprint density at radius 1 is 1.42 bits per heavy atom. The van der Waals surface area contributed by atoms with Crippen LogP contribution >= 0.6 is 0 Å². The quantitative estimate of drug-likeness (QED) is 0.825. The summed E-state index contributed by atoms with van der Waals surface area (Å²) in [5, 5.41) is 19.3. The first-order chi connectivity index (χ1) is 9.05. The summed E-state index contributed by atoms with van der Waals surface area (Å²) < 4.78 is 0. The van der Waals surface area contributed by atoms with Gasteiger partial charge in [0.25, 0.3) is 0 Å². The lowest BCUT2D eigenvalue weighted by molar-refractivity contribution is 0.0481. The number of benzene rings is 1. The van der Waals surface area contributed by atoms with E-state index in [4.69, 9.17) is 0 Å². The number of carbonyl (C=O) groups is 1. The van der Waals surface area contributed by atoms with Crippen LogP contribution < -0.4 is 4.90 Å². The van der Waals surface area contributed by atoms with Crippen molar-refractivity contribution in [1.82, 2.24) is 0 Å². The molecule has 1 unspecified atom stereocenters. The first-order valence-corrected chi connectivity index (χ1v) is 6.52. The molecule has 0 aliphatic carbocycles. The largest absolute Gasteiger partial charge is 0.390 e. The maximum absolute atomic E-state index is 10.7. The summed E-state index contributed by atoms with van der Waals surface area (Å²) in [6.07, 6.45) is 3.11. The smallest absolute Gasteiger partial charge is 0.150 e. The molecule has 1 aliphatic rings.